The van der Waals surface area contributed by atoms with Gasteiger partial charge in [-0.15, -0.1) is 12.4 Å². The Morgan fingerprint density at radius 3 is 2.20 bits per heavy atom. The van der Waals surface area contributed by atoms with Crippen molar-refractivity contribution >= 4 is 12.4 Å². The predicted octanol–water partition coefficient (Wildman–Crippen LogP) is 0.280. The van der Waals surface area contributed by atoms with E-state index in [2.05, 4.69) is 5.32 Å². The molecule has 2 nitrogen and oxygen atoms in total. The first-order valence-corrected chi connectivity index (χ1v) is 3.23. The van der Waals surface area contributed by atoms with Crippen LogP contribution >= 0.6 is 12.4 Å². The summed E-state index contributed by atoms with van der Waals surface area (Å²) in [5, 5.41) is 2.99. The van der Waals surface area contributed by atoms with Crippen LogP contribution in [0.2, 0.25) is 0 Å². The molecule has 0 spiro atoms. The van der Waals surface area contributed by atoms with E-state index in [1.165, 1.54) is 0 Å². The molecule has 0 aromatic rings. The van der Waals surface area contributed by atoms with E-state index in [1.807, 2.05) is 19.0 Å². The zero-order valence-corrected chi connectivity index (χ0v) is 7.12. The van der Waals surface area contributed by atoms with Gasteiger partial charge in [0.25, 0.3) is 0 Å². The maximum Gasteiger partial charge on any atom is 0.129 e. The van der Waals surface area contributed by atoms with Gasteiger partial charge in [-0.1, -0.05) is 0 Å². The minimum Gasteiger partial charge on any atom is -0.312 e. The lowest BCUT2D eigenvalue weighted by Crippen LogP contribution is -2.35. The molecule has 4 heteroatoms. The average Bonchev–Trinajstić information content (AvgIpc) is 2.13. The topological polar surface area (TPSA) is 15.3 Å². The molecule has 0 amide bonds. The molecule has 1 fully saturated rings. The molecular formula is C6H14ClFN2. The Bertz CT molecular complexity index is 99.7. The first-order valence-electron chi connectivity index (χ1n) is 3.23. The number of halogens is 2. The van der Waals surface area contributed by atoms with Crippen molar-refractivity contribution in [2.75, 3.05) is 27.2 Å². The standard InChI is InChI=1S/C6H13FN2.ClH/c1-9(2)6-4-8-3-5(6)7;/h5-6,8H,3-4H2,1-2H3;1H/t5-,6-;/m0./s1. The molecule has 2 atom stereocenters. The van der Waals surface area contributed by atoms with Crippen LogP contribution in [0.15, 0.2) is 0 Å². The van der Waals surface area contributed by atoms with E-state index in [0.717, 1.165) is 6.54 Å². The number of alkyl halides is 1. The fourth-order valence-corrected chi connectivity index (χ4v) is 1.14. The second-order valence-electron chi connectivity index (χ2n) is 2.71. The van der Waals surface area contributed by atoms with E-state index >= 15 is 0 Å². The summed E-state index contributed by atoms with van der Waals surface area (Å²) in [5.41, 5.74) is 0. The molecule has 0 radical (unpaired) electrons. The fraction of sp³-hybridized carbons (Fsp3) is 1.00. The number of nitrogens with zero attached hydrogens (tertiary/aromatic N) is 1. The molecule has 0 aliphatic carbocycles. The fourth-order valence-electron chi connectivity index (χ4n) is 1.14. The normalized spacial score (nSPS) is 32.4. The van der Waals surface area contributed by atoms with Crippen LogP contribution in [0.25, 0.3) is 0 Å². The smallest absolute Gasteiger partial charge is 0.129 e. The second kappa shape index (κ2) is 4.11. The van der Waals surface area contributed by atoms with Crippen LogP contribution in [0.1, 0.15) is 0 Å². The summed E-state index contributed by atoms with van der Waals surface area (Å²) >= 11 is 0. The number of hydrogen-bond donors (Lipinski definition) is 1. The van der Waals surface area contributed by atoms with Gasteiger partial charge in [0.05, 0.1) is 6.04 Å². The zero-order chi connectivity index (χ0) is 6.85. The summed E-state index contributed by atoms with van der Waals surface area (Å²) in [7, 11) is 3.81. The molecule has 10 heavy (non-hydrogen) atoms. The van der Waals surface area contributed by atoms with Crippen LogP contribution in [0.4, 0.5) is 4.39 Å². The number of likely N-dealkylation sites (N-methyl/N-ethyl adjacent to an activating group) is 1. The lowest BCUT2D eigenvalue weighted by atomic mass is 10.2. The van der Waals surface area contributed by atoms with Gasteiger partial charge in [-0.25, -0.2) is 4.39 Å². The van der Waals surface area contributed by atoms with Crippen molar-refractivity contribution in [2.45, 2.75) is 12.2 Å². The van der Waals surface area contributed by atoms with Gasteiger partial charge in [-0.2, -0.15) is 0 Å². The van der Waals surface area contributed by atoms with Crippen LogP contribution < -0.4 is 5.32 Å². The number of hydrogen-bond acceptors (Lipinski definition) is 2. The van der Waals surface area contributed by atoms with Crippen molar-refractivity contribution in [3.05, 3.63) is 0 Å². The van der Waals surface area contributed by atoms with E-state index in [-0.39, 0.29) is 18.4 Å². The van der Waals surface area contributed by atoms with E-state index in [0.29, 0.717) is 6.54 Å². The molecule has 1 N–H and O–H groups in total. The Labute approximate surface area is 67.2 Å². The lowest BCUT2D eigenvalue weighted by Gasteiger charge is -2.19. The highest BCUT2D eigenvalue weighted by Crippen LogP contribution is 2.08. The molecular weight excluding hydrogens is 155 g/mol. The third-order valence-electron chi connectivity index (χ3n) is 1.77. The van der Waals surface area contributed by atoms with Gasteiger partial charge in [0.1, 0.15) is 6.17 Å². The first-order chi connectivity index (χ1) is 4.22. The molecule has 0 unspecified atom stereocenters. The Morgan fingerprint density at radius 1 is 1.40 bits per heavy atom. The number of nitrogens with one attached hydrogen (secondary N) is 1. The molecule has 1 saturated heterocycles. The highest BCUT2D eigenvalue weighted by molar-refractivity contribution is 5.85. The Morgan fingerprint density at radius 2 is 2.00 bits per heavy atom. The van der Waals surface area contributed by atoms with Crippen LogP contribution in [0.3, 0.4) is 0 Å². The summed E-state index contributed by atoms with van der Waals surface area (Å²) in [6, 6.07) is 0.0880. The van der Waals surface area contributed by atoms with Crippen molar-refractivity contribution in [2.24, 2.45) is 0 Å². The molecule has 0 saturated carbocycles. The quantitative estimate of drug-likeness (QED) is 0.605. The molecule has 0 aromatic heterocycles. The summed E-state index contributed by atoms with van der Waals surface area (Å²) in [4.78, 5) is 1.92. The summed E-state index contributed by atoms with van der Waals surface area (Å²) in [6.07, 6.45) is -0.681. The SMILES string of the molecule is CN(C)[C@H]1CNC[C@@H]1F.Cl. The van der Waals surface area contributed by atoms with Crippen molar-refractivity contribution in [1.29, 1.82) is 0 Å². The Kier molecular flexibility index (Phi) is 4.17. The predicted molar refractivity (Wildman–Crippen MR) is 42.5 cm³/mol. The van der Waals surface area contributed by atoms with Crippen LogP contribution in [-0.4, -0.2) is 44.3 Å². The van der Waals surface area contributed by atoms with Gasteiger partial charge < -0.3 is 10.2 Å². The summed E-state index contributed by atoms with van der Waals surface area (Å²) in [5.74, 6) is 0. The maximum absolute atomic E-state index is 12.7. The highest BCUT2D eigenvalue weighted by atomic mass is 35.5. The maximum atomic E-state index is 12.7. The zero-order valence-electron chi connectivity index (χ0n) is 6.30. The van der Waals surface area contributed by atoms with Crippen LogP contribution in [-0.2, 0) is 0 Å². The van der Waals surface area contributed by atoms with E-state index in [9.17, 15) is 4.39 Å². The molecule has 0 aromatic carbocycles. The van der Waals surface area contributed by atoms with Gasteiger partial charge in [0.2, 0.25) is 0 Å². The van der Waals surface area contributed by atoms with Crippen LogP contribution in [0.5, 0.6) is 0 Å². The van der Waals surface area contributed by atoms with E-state index in [1.54, 1.807) is 0 Å². The van der Waals surface area contributed by atoms with Crippen LogP contribution in [0, 0.1) is 0 Å². The summed E-state index contributed by atoms with van der Waals surface area (Å²) < 4.78 is 12.7. The number of rotatable bonds is 1. The minimum absolute atomic E-state index is 0. The molecule has 0 bridgehead atoms. The molecule has 1 aliphatic heterocycles. The Hall–Kier alpha value is 0.140. The van der Waals surface area contributed by atoms with Crippen molar-refractivity contribution in [3.8, 4) is 0 Å². The van der Waals surface area contributed by atoms with E-state index in [4.69, 9.17) is 0 Å². The minimum atomic E-state index is -0.681. The van der Waals surface area contributed by atoms with Gasteiger partial charge >= 0.3 is 0 Å². The van der Waals surface area contributed by atoms with Crippen molar-refractivity contribution < 1.29 is 4.39 Å². The molecule has 1 rings (SSSR count). The first kappa shape index (κ1) is 10.1. The van der Waals surface area contributed by atoms with Gasteiger partial charge in [-0.3, -0.25) is 0 Å². The third kappa shape index (κ3) is 2.08. The van der Waals surface area contributed by atoms with Crippen molar-refractivity contribution in [3.63, 3.8) is 0 Å². The largest absolute Gasteiger partial charge is 0.312 e. The summed E-state index contributed by atoms with van der Waals surface area (Å²) in [6.45, 7) is 1.30. The molecule has 62 valence electrons. The molecule has 1 aliphatic rings. The second-order valence-corrected chi connectivity index (χ2v) is 2.71. The monoisotopic (exact) mass is 168 g/mol. The Balaban J connectivity index is 0.000000810. The van der Waals surface area contributed by atoms with Gasteiger partial charge in [0.15, 0.2) is 0 Å². The molecule has 1 heterocycles. The average molecular weight is 169 g/mol. The van der Waals surface area contributed by atoms with Crippen molar-refractivity contribution in [1.82, 2.24) is 10.2 Å². The third-order valence-corrected chi connectivity index (χ3v) is 1.77. The van der Waals surface area contributed by atoms with E-state index < -0.39 is 6.17 Å². The highest BCUT2D eigenvalue weighted by Gasteiger charge is 2.27. The van der Waals surface area contributed by atoms with Gasteiger partial charge in [0, 0.05) is 13.1 Å². The van der Waals surface area contributed by atoms with Gasteiger partial charge in [-0.05, 0) is 14.1 Å². The lowest BCUT2D eigenvalue weighted by molar-refractivity contribution is 0.202.